The summed E-state index contributed by atoms with van der Waals surface area (Å²) in [5.41, 5.74) is 0.0209. The molecule has 0 radical (unpaired) electrons. The van der Waals surface area contributed by atoms with E-state index in [1.165, 1.54) is 0 Å². The monoisotopic (exact) mass is 151 g/mol. The molecule has 2 nitrogen and oxygen atoms in total. The molecule has 0 saturated heterocycles. The molecule has 11 heavy (non-hydrogen) atoms. The van der Waals surface area contributed by atoms with Crippen LogP contribution in [-0.4, -0.2) is 6.21 Å². The summed E-state index contributed by atoms with van der Waals surface area (Å²) in [4.78, 5) is 5.00. The fraction of sp³-hybridized carbons (Fsp3) is 0.444. The summed E-state index contributed by atoms with van der Waals surface area (Å²) >= 11 is 0. The Balaban J connectivity index is 2.78. The predicted molar refractivity (Wildman–Crippen MR) is 46.3 cm³/mol. The lowest BCUT2D eigenvalue weighted by atomic mass is 9.94. The average molecular weight is 151 g/mol. The first-order valence-corrected chi connectivity index (χ1v) is 3.71. The molecule has 0 aromatic carbocycles. The summed E-state index contributed by atoms with van der Waals surface area (Å²) in [6, 6.07) is 0. The third-order valence-electron chi connectivity index (χ3n) is 1.39. The molecule has 0 aromatic heterocycles. The maximum Gasteiger partial charge on any atom is 0.154 e. The van der Waals surface area contributed by atoms with Gasteiger partial charge in [0.15, 0.2) is 5.76 Å². The Morgan fingerprint density at radius 3 is 2.82 bits per heavy atom. The molecule has 0 spiro atoms. The topological polar surface area (TPSA) is 21.6 Å². The van der Waals surface area contributed by atoms with Gasteiger partial charge < -0.3 is 4.84 Å². The molecular formula is C9H13NO. The highest BCUT2D eigenvalue weighted by atomic mass is 16.6. The van der Waals surface area contributed by atoms with Gasteiger partial charge in [-0.1, -0.05) is 25.1 Å². The minimum absolute atomic E-state index is 0.0209. The Labute approximate surface area is 67.2 Å². The van der Waals surface area contributed by atoms with Crippen LogP contribution in [0.25, 0.3) is 0 Å². The second kappa shape index (κ2) is 2.91. The van der Waals surface area contributed by atoms with Gasteiger partial charge in [0.2, 0.25) is 0 Å². The van der Waals surface area contributed by atoms with Crippen LogP contribution in [0.2, 0.25) is 0 Å². The molecule has 60 valence electrons. The Bertz CT molecular complexity index is 224. The Kier molecular flexibility index (Phi) is 2.13. The molecule has 0 aliphatic carbocycles. The van der Waals surface area contributed by atoms with Crippen molar-refractivity contribution in [3.8, 4) is 0 Å². The minimum atomic E-state index is 0.0209. The van der Waals surface area contributed by atoms with Crippen molar-refractivity contribution in [2.45, 2.75) is 20.8 Å². The molecule has 0 atom stereocenters. The Morgan fingerprint density at radius 1 is 1.55 bits per heavy atom. The molecule has 0 fully saturated rings. The lowest BCUT2D eigenvalue weighted by molar-refractivity contribution is 0.226. The highest BCUT2D eigenvalue weighted by Crippen LogP contribution is 2.21. The zero-order valence-corrected chi connectivity index (χ0v) is 7.16. The van der Waals surface area contributed by atoms with Crippen LogP contribution in [0, 0.1) is 5.41 Å². The van der Waals surface area contributed by atoms with Gasteiger partial charge in [-0.25, -0.2) is 0 Å². The molecule has 0 amide bonds. The standard InChI is InChI=1S/C9H13NO/c1-4-5-8-6-9(2,3)7-10-11-8/h4-7H,1-3H3/b5-4+. The van der Waals surface area contributed by atoms with E-state index in [0.717, 1.165) is 5.76 Å². The van der Waals surface area contributed by atoms with Crippen LogP contribution in [-0.2, 0) is 4.84 Å². The van der Waals surface area contributed by atoms with Gasteiger partial charge in [0, 0.05) is 5.41 Å². The lowest BCUT2D eigenvalue weighted by Crippen LogP contribution is -2.13. The van der Waals surface area contributed by atoms with Gasteiger partial charge in [-0.2, -0.15) is 0 Å². The van der Waals surface area contributed by atoms with E-state index >= 15 is 0 Å². The quantitative estimate of drug-likeness (QED) is 0.564. The molecule has 1 aliphatic heterocycles. The fourth-order valence-electron chi connectivity index (χ4n) is 0.896. The van der Waals surface area contributed by atoms with Crippen molar-refractivity contribution < 1.29 is 4.84 Å². The normalized spacial score (nSPS) is 21.5. The van der Waals surface area contributed by atoms with E-state index in [0.29, 0.717) is 0 Å². The lowest BCUT2D eigenvalue weighted by Gasteiger charge is -2.18. The van der Waals surface area contributed by atoms with Crippen molar-refractivity contribution in [2.24, 2.45) is 10.6 Å². The second-order valence-electron chi connectivity index (χ2n) is 3.19. The number of rotatable bonds is 1. The van der Waals surface area contributed by atoms with Gasteiger partial charge in [-0.15, -0.1) is 0 Å². The van der Waals surface area contributed by atoms with Crippen LogP contribution in [0.4, 0.5) is 0 Å². The summed E-state index contributed by atoms with van der Waals surface area (Å²) in [5, 5.41) is 3.79. The Morgan fingerprint density at radius 2 is 2.27 bits per heavy atom. The van der Waals surface area contributed by atoms with Crippen molar-refractivity contribution in [1.29, 1.82) is 0 Å². The minimum Gasteiger partial charge on any atom is -0.358 e. The van der Waals surface area contributed by atoms with Crippen molar-refractivity contribution in [2.75, 3.05) is 0 Å². The van der Waals surface area contributed by atoms with E-state index < -0.39 is 0 Å². The third kappa shape index (κ3) is 2.22. The average Bonchev–Trinajstić information content (AvgIpc) is 1.85. The zero-order chi connectivity index (χ0) is 8.32. The number of hydrogen-bond acceptors (Lipinski definition) is 2. The number of oxime groups is 1. The predicted octanol–water partition coefficient (Wildman–Crippen LogP) is 2.49. The molecule has 1 heterocycles. The van der Waals surface area contributed by atoms with Crippen LogP contribution in [0.15, 0.2) is 29.1 Å². The molecule has 0 N–H and O–H groups in total. The molecule has 0 bridgehead atoms. The van der Waals surface area contributed by atoms with Crippen LogP contribution in [0.5, 0.6) is 0 Å². The van der Waals surface area contributed by atoms with Crippen LogP contribution < -0.4 is 0 Å². The maximum absolute atomic E-state index is 5.00. The van der Waals surface area contributed by atoms with E-state index in [1.807, 2.05) is 25.2 Å². The fourth-order valence-corrected chi connectivity index (χ4v) is 0.896. The summed E-state index contributed by atoms with van der Waals surface area (Å²) in [6.45, 7) is 6.13. The van der Waals surface area contributed by atoms with Crippen LogP contribution in [0.3, 0.4) is 0 Å². The Hall–Kier alpha value is -1.05. The molecule has 0 aromatic rings. The summed E-state index contributed by atoms with van der Waals surface area (Å²) in [6.07, 6.45) is 7.67. The number of hydrogen-bond donors (Lipinski definition) is 0. The van der Waals surface area contributed by atoms with E-state index in [2.05, 4.69) is 19.0 Å². The summed E-state index contributed by atoms with van der Waals surface area (Å²) in [5.74, 6) is 0.819. The van der Waals surface area contributed by atoms with E-state index in [9.17, 15) is 0 Å². The molecule has 1 rings (SSSR count). The van der Waals surface area contributed by atoms with Crippen LogP contribution >= 0.6 is 0 Å². The maximum atomic E-state index is 5.00. The molecule has 2 heteroatoms. The van der Waals surface area contributed by atoms with Crippen LogP contribution in [0.1, 0.15) is 20.8 Å². The highest BCUT2D eigenvalue weighted by molar-refractivity contribution is 5.68. The van der Waals surface area contributed by atoms with Gasteiger partial charge in [-0.05, 0) is 19.1 Å². The summed E-state index contributed by atoms with van der Waals surface area (Å²) in [7, 11) is 0. The van der Waals surface area contributed by atoms with Crippen molar-refractivity contribution >= 4 is 6.21 Å². The van der Waals surface area contributed by atoms with E-state index in [4.69, 9.17) is 4.84 Å². The van der Waals surface area contributed by atoms with Gasteiger partial charge >= 0.3 is 0 Å². The summed E-state index contributed by atoms with van der Waals surface area (Å²) < 4.78 is 0. The zero-order valence-electron chi connectivity index (χ0n) is 7.16. The van der Waals surface area contributed by atoms with E-state index in [1.54, 1.807) is 6.21 Å². The van der Waals surface area contributed by atoms with Gasteiger partial charge in [-0.3, -0.25) is 0 Å². The first-order valence-electron chi connectivity index (χ1n) is 3.71. The van der Waals surface area contributed by atoms with Crippen molar-refractivity contribution in [3.05, 3.63) is 24.0 Å². The van der Waals surface area contributed by atoms with E-state index in [-0.39, 0.29) is 5.41 Å². The molecular weight excluding hydrogens is 138 g/mol. The van der Waals surface area contributed by atoms with Gasteiger partial charge in [0.25, 0.3) is 0 Å². The molecule has 1 aliphatic rings. The van der Waals surface area contributed by atoms with Crippen molar-refractivity contribution in [1.82, 2.24) is 0 Å². The highest BCUT2D eigenvalue weighted by Gasteiger charge is 2.16. The number of allylic oxidation sites excluding steroid dienone is 3. The molecule has 0 saturated carbocycles. The van der Waals surface area contributed by atoms with Crippen molar-refractivity contribution in [3.63, 3.8) is 0 Å². The first-order chi connectivity index (χ1) is 5.14. The third-order valence-corrected chi connectivity index (χ3v) is 1.39. The number of nitrogens with zero attached hydrogens (tertiary/aromatic N) is 1. The second-order valence-corrected chi connectivity index (χ2v) is 3.19. The largest absolute Gasteiger partial charge is 0.358 e. The van der Waals surface area contributed by atoms with Gasteiger partial charge in [0.1, 0.15) is 0 Å². The SMILES string of the molecule is C/C=C/C1=CC(C)(C)C=NO1. The smallest absolute Gasteiger partial charge is 0.154 e. The van der Waals surface area contributed by atoms with Gasteiger partial charge in [0.05, 0.1) is 6.21 Å². The molecule has 0 unspecified atom stereocenters. The first kappa shape index (κ1) is 8.05.